The molecule has 1 amide bonds. The third kappa shape index (κ3) is 5.49. The molecule has 1 aromatic carbocycles. The first-order valence-electron chi connectivity index (χ1n) is 12.2. The number of amides is 1. The number of hydrogen-bond acceptors (Lipinski definition) is 8. The lowest BCUT2D eigenvalue weighted by Crippen LogP contribution is -2.41. The number of nitriles is 1. The molecule has 0 saturated carbocycles. The van der Waals surface area contributed by atoms with Crippen molar-refractivity contribution in [1.29, 1.82) is 5.26 Å². The van der Waals surface area contributed by atoms with Gasteiger partial charge in [-0.1, -0.05) is 23.4 Å². The van der Waals surface area contributed by atoms with Crippen LogP contribution in [0, 0.1) is 18.3 Å². The molecule has 0 atom stereocenters. The number of rotatable bonds is 8. The molecule has 1 aliphatic heterocycles. The van der Waals surface area contributed by atoms with E-state index in [2.05, 4.69) is 31.7 Å². The molecule has 10 nitrogen and oxygen atoms in total. The van der Waals surface area contributed by atoms with E-state index in [1.54, 1.807) is 16.9 Å². The zero-order chi connectivity index (χ0) is 26.6. The van der Waals surface area contributed by atoms with Gasteiger partial charge < -0.3 is 19.9 Å². The van der Waals surface area contributed by atoms with Crippen molar-refractivity contribution in [3.8, 4) is 6.07 Å². The lowest BCUT2D eigenvalue weighted by Gasteiger charge is -2.26. The molecule has 1 saturated heterocycles. The van der Waals surface area contributed by atoms with Gasteiger partial charge in [0.15, 0.2) is 5.16 Å². The van der Waals surface area contributed by atoms with Crippen molar-refractivity contribution in [1.82, 2.24) is 29.4 Å². The smallest absolute Gasteiger partial charge is 0.253 e. The second kappa shape index (κ2) is 11.4. The summed E-state index contributed by atoms with van der Waals surface area (Å²) < 4.78 is 8.93. The Labute approximate surface area is 229 Å². The van der Waals surface area contributed by atoms with E-state index >= 15 is 0 Å². The average molecular weight is 551 g/mol. The maximum atomic E-state index is 13.0. The summed E-state index contributed by atoms with van der Waals surface area (Å²) in [4.78, 5) is 20.5. The molecule has 1 fully saturated rings. The minimum atomic E-state index is -0.176. The maximum absolute atomic E-state index is 13.0. The first kappa shape index (κ1) is 26.1. The molecule has 1 aliphatic rings. The van der Waals surface area contributed by atoms with Crippen LogP contribution in [0.25, 0.3) is 5.52 Å². The number of nitrogens with one attached hydrogen (secondary N) is 2. The molecule has 2 N–H and O–H groups in total. The van der Waals surface area contributed by atoms with E-state index in [-0.39, 0.29) is 5.91 Å². The zero-order valence-corrected chi connectivity index (χ0v) is 22.6. The maximum Gasteiger partial charge on any atom is 0.253 e. The van der Waals surface area contributed by atoms with E-state index in [9.17, 15) is 10.1 Å². The van der Waals surface area contributed by atoms with E-state index in [0.717, 1.165) is 48.5 Å². The van der Waals surface area contributed by atoms with E-state index < -0.39 is 0 Å². The number of fused-ring (bicyclic) bond motifs is 1. The summed E-state index contributed by atoms with van der Waals surface area (Å²) in [5.74, 6) is -0.176. The number of imidazole rings is 1. The Hall–Kier alpha value is -3.56. The van der Waals surface area contributed by atoms with Gasteiger partial charge >= 0.3 is 0 Å². The zero-order valence-electron chi connectivity index (χ0n) is 21.1. The second-order valence-electron chi connectivity index (χ2n) is 8.91. The van der Waals surface area contributed by atoms with Crippen LogP contribution in [-0.2, 0) is 11.8 Å². The molecule has 5 rings (SSSR count). The molecule has 4 heterocycles. The number of aromatic nitrogens is 4. The third-order valence-electron chi connectivity index (χ3n) is 6.42. The Morgan fingerprint density at radius 3 is 2.84 bits per heavy atom. The quantitative estimate of drug-likeness (QED) is 0.340. The number of anilines is 2. The van der Waals surface area contributed by atoms with Gasteiger partial charge in [-0.05, 0) is 30.7 Å². The van der Waals surface area contributed by atoms with Crippen LogP contribution >= 0.6 is 23.4 Å². The van der Waals surface area contributed by atoms with Gasteiger partial charge in [0.1, 0.15) is 6.07 Å². The number of hydrogen-bond donors (Lipinski definition) is 2. The van der Waals surface area contributed by atoms with Gasteiger partial charge in [-0.15, -0.1) is 0 Å². The fourth-order valence-electron chi connectivity index (χ4n) is 4.33. The predicted octanol–water partition coefficient (Wildman–Crippen LogP) is 3.86. The summed E-state index contributed by atoms with van der Waals surface area (Å²) >= 11 is 8.06. The summed E-state index contributed by atoms with van der Waals surface area (Å²) in [5.41, 5.74) is 3.53. The highest BCUT2D eigenvalue weighted by Crippen LogP contribution is 2.36. The van der Waals surface area contributed by atoms with Crippen LogP contribution in [-0.4, -0.2) is 69.4 Å². The van der Waals surface area contributed by atoms with E-state index in [1.165, 1.54) is 18.0 Å². The van der Waals surface area contributed by atoms with Gasteiger partial charge in [-0.2, -0.15) is 10.4 Å². The van der Waals surface area contributed by atoms with Crippen molar-refractivity contribution in [3.05, 3.63) is 64.7 Å². The number of carbonyl (C=O) groups excluding carboxylic acids is 1. The second-order valence-corrected chi connectivity index (χ2v) is 10.3. The Bertz CT molecular complexity index is 1520. The number of benzene rings is 1. The van der Waals surface area contributed by atoms with Gasteiger partial charge in [0.25, 0.3) is 5.91 Å². The Kier molecular flexibility index (Phi) is 7.85. The molecule has 0 spiro atoms. The van der Waals surface area contributed by atoms with Crippen LogP contribution in [0.5, 0.6) is 0 Å². The normalized spacial score (nSPS) is 13.9. The number of nitrogens with zero attached hydrogens (tertiary/aromatic N) is 6. The standard InChI is InChI=1S/C26H27ClN8O2S/c1-17-20(25(36)29-6-8-34-9-11-37-12-10-34)16-35-24(17)23(18(14-28)15-31-35)32-19-3-4-22(21(27)13-19)38-26-30-5-7-33(26)2/h3-5,7,13,15-16,32H,6,8-12H2,1-2H3,(H,29,36). The monoisotopic (exact) mass is 550 g/mol. The molecular weight excluding hydrogens is 524 g/mol. The highest BCUT2D eigenvalue weighted by molar-refractivity contribution is 7.99. The molecule has 12 heteroatoms. The summed E-state index contributed by atoms with van der Waals surface area (Å²) in [6, 6.07) is 7.82. The SMILES string of the molecule is Cc1c(C(=O)NCCN2CCOCC2)cn2ncc(C#N)c(Nc3ccc(Sc4nccn4C)c(Cl)c3)c12. The van der Waals surface area contributed by atoms with Crippen molar-refractivity contribution < 1.29 is 9.53 Å². The van der Waals surface area contributed by atoms with E-state index in [0.29, 0.717) is 39.6 Å². The average Bonchev–Trinajstić information content (AvgIpc) is 3.48. The molecule has 0 bridgehead atoms. The highest BCUT2D eigenvalue weighted by atomic mass is 35.5. The Morgan fingerprint density at radius 1 is 1.32 bits per heavy atom. The number of halogens is 1. The summed E-state index contributed by atoms with van der Waals surface area (Å²) in [5, 5.41) is 21.9. The summed E-state index contributed by atoms with van der Waals surface area (Å²) in [7, 11) is 1.93. The first-order chi connectivity index (χ1) is 18.4. The fourth-order valence-corrected chi connectivity index (χ4v) is 5.43. The van der Waals surface area contributed by atoms with Gasteiger partial charge in [-0.25, -0.2) is 9.50 Å². The highest BCUT2D eigenvalue weighted by Gasteiger charge is 2.20. The van der Waals surface area contributed by atoms with Crippen molar-refractivity contribution >= 4 is 46.2 Å². The minimum Gasteiger partial charge on any atom is -0.379 e. The van der Waals surface area contributed by atoms with Crippen molar-refractivity contribution in [3.63, 3.8) is 0 Å². The number of carbonyl (C=O) groups is 1. The van der Waals surface area contributed by atoms with Crippen LogP contribution in [0.4, 0.5) is 11.4 Å². The van der Waals surface area contributed by atoms with Gasteiger partial charge in [-0.3, -0.25) is 9.69 Å². The van der Waals surface area contributed by atoms with Crippen LogP contribution in [0.2, 0.25) is 5.02 Å². The molecule has 0 radical (unpaired) electrons. The molecule has 0 unspecified atom stereocenters. The number of morpholine rings is 1. The van der Waals surface area contributed by atoms with E-state index in [1.807, 2.05) is 42.9 Å². The molecule has 3 aromatic heterocycles. The number of aryl methyl sites for hydroxylation is 2. The Balaban J connectivity index is 1.37. The van der Waals surface area contributed by atoms with Gasteiger partial charge in [0, 0.05) is 62.4 Å². The van der Waals surface area contributed by atoms with Gasteiger partial charge in [0.2, 0.25) is 0 Å². The van der Waals surface area contributed by atoms with Crippen LogP contribution < -0.4 is 10.6 Å². The fraction of sp³-hybridized carbons (Fsp3) is 0.308. The number of ether oxygens (including phenoxy) is 1. The van der Waals surface area contributed by atoms with E-state index in [4.69, 9.17) is 16.3 Å². The summed E-state index contributed by atoms with van der Waals surface area (Å²) in [6.45, 7) is 6.34. The topological polar surface area (TPSA) is 113 Å². The summed E-state index contributed by atoms with van der Waals surface area (Å²) in [6.07, 6.45) is 6.80. The van der Waals surface area contributed by atoms with Gasteiger partial charge in [0.05, 0.1) is 46.8 Å². The molecule has 0 aliphatic carbocycles. The lowest BCUT2D eigenvalue weighted by atomic mass is 10.1. The predicted molar refractivity (Wildman–Crippen MR) is 146 cm³/mol. The molecule has 196 valence electrons. The molecule has 4 aromatic rings. The van der Waals surface area contributed by atoms with Crippen molar-refractivity contribution in [2.75, 3.05) is 44.7 Å². The minimum absolute atomic E-state index is 0.176. The third-order valence-corrected chi connectivity index (χ3v) is 8.00. The van der Waals surface area contributed by atoms with Crippen LogP contribution in [0.3, 0.4) is 0 Å². The molecule has 38 heavy (non-hydrogen) atoms. The first-order valence-corrected chi connectivity index (χ1v) is 13.3. The van der Waals surface area contributed by atoms with Crippen LogP contribution in [0.1, 0.15) is 21.5 Å². The molecular formula is C26H27ClN8O2S. The van der Waals surface area contributed by atoms with Crippen molar-refractivity contribution in [2.24, 2.45) is 7.05 Å². The Morgan fingerprint density at radius 2 is 2.13 bits per heavy atom. The van der Waals surface area contributed by atoms with Crippen LogP contribution in [0.15, 0.2) is 53.0 Å². The lowest BCUT2D eigenvalue weighted by molar-refractivity contribution is 0.0383. The largest absolute Gasteiger partial charge is 0.379 e. The van der Waals surface area contributed by atoms with Crippen molar-refractivity contribution in [2.45, 2.75) is 17.0 Å².